The van der Waals surface area contributed by atoms with Crippen molar-refractivity contribution in [3.63, 3.8) is 0 Å². The molecule has 2 aromatic heterocycles. The van der Waals surface area contributed by atoms with Gasteiger partial charge in [-0.2, -0.15) is 4.98 Å². The molecular formula is C17H15N3O3S. The Morgan fingerprint density at radius 2 is 2.25 bits per heavy atom. The number of hydrogen-bond acceptors (Lipinski definition) is 6. The maximum atomic E-state index is 12.1. The van der Waals surface area contributed by atoms with E-state index in [1.165, 1.54) is 0 Å². The maximum absolute atomic E-state index is 12.1. The third kappa shape index (κ3) is 2.56. The Kier molecular flexibility index (Phi) is 3.78. The van der Waals surface area contributed by atoms with E-state index in [9.17, 15) is 4.79 Å². The highest BCUT2D eigenvalue weighted by Crippen LogP contribution is 2.36. The van der Waals surface area contributed by atoms with Crippen LogP contribution in [0.3, 0.4) is 0 Å². The number of aromatic nitrogens is 2. The molecule has 0 radical (unpaired) electrons. The summed E-state index contributed by atoms with van der Waals surface area (Å²) in [5, 5.41) is 6.02. The van der Waals surface area contributed by atoms with Crippen molar-refractivity contribution in [2.75, 3.05) is 18.1 Å². The number of thiophene rings is 1. The van der Waals surface area contributed by atoms with Gasteiger partial charge < -0.3 is 14.2 Å². The molecule has 0 aliphatic carbocycles. The average Bonchev–Trinajstić information content (AvgIpc) is 3.28. The fourth-order valence-electron chi connectivity index (χ4n) is 2.65. The minimum absolute atomic E-state index is 0.0334. The van der Waals surface area contributed by atoms with Gasteiger partial charge in [-0.15, -0.1) is 11.3 Å². The van der Waals surface area contributed by atoms with Crippen molar-refractivity contribution in [1.29, 1.82) is 0 Å². The van der Waals surface area contributed by atoms with Gasteiger partial charge >= 0.3 is 0 Å². The highest BCUT2D eigenvalue weighted by Gasteiger charge is 2.25. The molecule has 4 rings (SSSR count). The highest BCUT2D eigenvalue weighted by molar-refractivity contribution is 7.13. The lowest BCUT2D eigenvalue weighted by Gasteiger charge is -2.29. The van der Waals surface area contributed by atoms with Gasteiger partial charge in [-0.25, -0.2) is 0 Å². The van der Waals surface area contributed by atoms with Crippen LogP contribution in [0.4, 0.5) is 5.69 Å². The number of ether oxygens (including phenoxy) is 1. The van der Waals surface area contributed by atoms with E-state index in [2.05, 4.69) is 10.1 Å². The Morgan fingerprint density at radius 1 is 1.33 bits per heavy atom. The van der Waals surface area contributed by atoms with Crippen LogP contribution in [0.25, 0.3) is 22.2 Å². The fourth-order valence-corrected chi connectivity index (χ4v) is 3.30. The maximum Gasteiger partial charge on any atom is 0.268 e. The van der Waals surface area contributed by atoms with Crippen molar-refractivity contribution in [2.24, 2.45) is 0 Å². The van der Waals surface area contributed by atoms with Gasteiger partial charge in [0.25, 0.3) is 11.8 Å². The number of hydrogen-bond donors (Lipinski definition) is 0. The summed E-state index contributed by atoms with van der Waals surface area (Å²) >= 11 is 1.55. The molecule has 3 aromatic rings. The number of carbonyl (C=O) groups is 1. The van der Waals surface area contributed by atoms with E-state index < -0.39 is 0 Å². The normalized spacial score (nSPS) is 13.7. The summed E-state index contributed by atoms with van der Waals surface area (Å²) in [6, 6.07) is 9.48. The molecule has 0 saturated heterocycles. The van der Waals surface area contributed by atoms with Crippen molar-refractivity contribution in [2.45, 2.75) is 13.3 Å². The summed E-state index contributed by atoms with van der Waals surface area (Å²) in [5.41, 5.74) is 1.55. The molecule has 0 atom stereocenters. The first-order valence-corrected chi connectivity index (χ1v) is 8.59. The van der Waals surface area contributed by atoms with Crippen molar-refractivity contribution in [3.8, 4) is 27.9 Å². The van der Waals surface area contributed by atoms with E-state index in [1.54, 1.807) is 16.2 Å². The van der Waals surface area contributed by atoms with Crippen LogP contribution in [0.5, 0.6) is 5.75 Å². The lowest BCUT2D eigenvalue weighted by Crippen LogP contribution is -2.39. The summed E-state index contributed by atoms with van der Waals surface area (Å²) < 4.78 is 10.9. The Labute approximate surface area is 142 Å². The van der Waals surface area contributed by atoms with Crippen molar-refractivity contribution in [3.05, 3.63) is 35.7 Å². The molecule has 122 valence electrons. The summed E-state index contributed by atoms with van der Waals surface area (Å²) in [6.07, 6.45) is 0.875. The molecule has 1 aromatic carbocycles. The van der Waals surface area contributed by atoms with Crippen molar-refractivity contribution in [1.82, 2.24) is 10.1 Å². The van der Waals surface area contributed by atoms with Crippen LogP contribution in [0.2, 0.25) is 0 Å². The Bertz CT molecular complexity index is 873. The number of benzene rings is 1. The first-order valence-electron chi connectivity index (χ1n) is 7.71. The monoisotopic (exact) mass is 341 g/mol. The molecule has 6 nitrogen and oxygen atoms in total. The second-order valence-electron chi connectivity index (χ2n) is 5.42. The molecule has 1 aliphatic heterocycles. The van der Waals surface area contributed by atoms with Crippen LogP contribution in [0, 0.1) is 0 Å². The Balaban J connectivity index is 1.71. The van der Waals surface area contributed by atoms with Gasteiger partial charge in [-0.05, 0) is 36.1 Å². The van der Waals surface area contributed by atoms with E-state index in [1.807, 2.05) is 42.6 Å². The van der Waals surface area contributed by atoms with E-state index in [4.69, 9.17) is 9.26 Å². The number of anilines is 1. The van der Waals surface area contributed by atoms with Gasteiger partial charge in [0.05, 0.1) is 10.6 Å². The number of rotatable bonds is 4. The summed E-state index contributed by atoms with van der Waals surface area (Å²) in [6.45, 7) is 2.78. The molecule has 0 saturated carbocycles. The lowest BCUT2D eigenvalue weighted by atomic mass is 10.1. The van der Waals surface area contributed by atoms with Crippen LogP contribution in [0.1, 0.15) is 13.3 Å². The molecular weight excluding hydrogens is 326 g/mol. The van der Waals surface area contributed by atoms with E-state index >= 15 is 0 Å². The Hall–Kier alpha value is -2.67. The molecule has 24 heavy (non-hydrogen) atoms. The van der Waals surface area contributed by atoms with Crippen LogP contribution >= 0.6 is 11.3 Å². The van der Waals surface area contributed by atoms with Gasteiger partial charge in [0.15, 0.2) is 6.61 Å². The quantitative estimate of drug-likeness (QED) is 0.725. The summed E-state index contributed by atoms with van der Waals surface area (Å²) in [5.74, 6) is 1.66. The van der Waals surface area contributed by atoms with E-state index in [0.717, 1.165) is 22.5 Å². The molecule has 1 amide bonds. The largest absolute Gasteiger partial charge is 0.482 e. The molecule has 0 unspecified atom stereocenters. The average molecular weight is 341 g/mol. The number of fused-ring (bicyclic) bond motifs is 1. The van der Waals surface area contributed by atoms with E-state index in [-0.39, 0.29) is 12.5 Å². The second-order valence-corrected chi connectivity index (χ2v) is 6.36. The van der Waals surface area contributed by atoms with Gasteiger partial charge in [0.2, 0.25) is 5.82 Å². The minimum Gasteiger partial charge on any atom is -0.482 e. The zero-order valence-corrected chi connectivity index (χ0v) is 13.9. The standard InChI is InChI=1S/C17H15N3O3S/c1-2-7-20-12-9-11(5-6-13(12)22-10-15(20)21)16-18-17(23-19-16)14-4-3-8-24-14/h3-6,8-9H,2,7,10H2,1H3. The van der Waals surface area contributed by atoms with Crippen LogP contribution in [0.15, 0.2) is 40.2 Å². The summed E-state index contributed by atoms with van der Waals surface area (Å²) in [4.78, 5) is 19.2. The molecule has 7 heteroatoms. The van der Waals surface area contributed by atoms with Crippen LogP contribution in [-0.4, -0.2) is 29.2 Å². The second kappa shape index (κ2) is 6.09. The minimum atomic E-state index is -0.0334. The fraction of sp³-hybridized carbons (Fsp3) is 0.235. The number of amides is 1. The first kappa shape index (κ1) is 14.9. The molecule has 1 aliphatic rings. The predicted molar refractivity (Wildman–Crippen MR) is 91.2 cm³/mol. The SMILES string of the molecule is CCCN1C(=O)COc2ccc(-c3noc(-c4cccs4)n3)cc21. The number of carbonyl (C=O) groups excluding carboxylic acids is 1. The topological polar surface area (TPSA) is 68.5 Å². The highest BCUT2D eigenvalue weighted by atomic mass is 32.1. The van der Waals surface area contributed by atoms with Gasteiger partial charge in [-0.3, -0.25) is 4.79 Å². The summed E-state index contributed by atoms with van der Waals surface area (Å²) in [7, 11) is 0. The third-order valence-electron chi connectivity index (χ3n) is 3.77. The third-order valence-corrected chi connectivity index (χ3v) is 4.62. The smallest absolute Gasteiger partial charge is 0.268 e. The van der Waals surface area contributed by atoms with Gasteiger partial charge in [0, 0.05) is 12.1 Å². The van der Waals surface area contributed by atoms with Crippen LogP contribution in [-0.2, 0) is 4.79 Å². The molecule has 3 heterocycles. The molecule has 0 spiro atoms. The van der Waals surface area contributed by atoms with Crippen LogP contribution < -0.4 is 9.64 Å². The zero-order valence-electron chi connectivity index (χ0n) is 13.1. The van der Waals surface area contributed by atoms with Crippen molar-refractivity contribution >= 4 is 22.9 Å². The molecule has 0 bridgehead atoms. The van der Waals surface area contributed by atoms with Gasteiger partial charge in [0.1, 0.15) is 5.75 Å². The zero-order chi connectivity index (χ0) is 16.5. The van der Waals surface area contributed by atoms with Crippen molar-refractivity contribution < 1.29 is 14.1 Å². The first-order chi connectivity index (χ1) is 11.8. The number of nitrogens with zero attached hydrogens (tertiary/aromatic N) is 3. The molecule has 0 N–H and O–H groups in total. The lowest BCUT2D eigenvalue weighted by molar-refractivity contribution is -0.121. The van der Waals surface area contributed by atoms with E-state index in [0.29, 0.717) is 24.0 Å². The molecule has 0 fully saturated rings. The Morgan fingerprint density at radius 3 is 3.04 bits per heavy atom. The van der Waals surface area contributed by atoms with Gasteiger partial charge in [-0.1, -0.05) is 18.1 Å². The predicted octanol–water partition coefficient (Wildman–Crippen LogP) is 3.60.